The Hall–Kier alpha value is -3.49. The van der Waals surface area contributed by atoms with Crippen molar-refractivity contribution < 1.29 is 38.2 Å². The van der Waals surface area contributed by atoms with E-state index >= 15 is 0 Å². The molecule has 0 aliphatic heterocycles. The number of aliphatic carboxylic acids is 1. The average Bonchev–Trinajstić information content (AvgIpc) is 3.23. The molecule has 2 atom stereocenters. The van der Waals surface area contributed by atoms with Gasteiger partial charge in [-0.05, 0) is 64.2 Å². The fraction of sp³-hybridized carbons (Fsp3) is 0.685. The van der Waals surface area contributed by atoms with Crippen LogP contribution in [0.5, 0.6) is 0 Å². The maximum Gasteiger partial charge on any atom is 0.362 e. The summed E-state index contributed by atoms with van der Waals surface area (Å²) in [6, 6.07) is -0.623. The minimum atomic E-state index is -0.881. The summed E-state index contributed by atoms with van der Waals surface area (Å²) < 4.78 is 17.3. The molecular formula is C54H92NO7+. The number of carboxylic acid groups (broad SMARTS) is 1. The van der Waals surface area contributed by atoms with Gasteiger partial charge in [-0.15, -0.1) is 0 Å². The summed E-state index contributed by atoms with van der Waals surface area (Å²) in [5.74, 6) is -1.50. The third kappa shape index (κ3) is 41.8. The Labute approximate surface area is 380 Å². The number of rotatable bonds is 43. The molecule has 0 rings (SSSR count). The quantitative estimate of drug-likeness (QED) is 0.0214. The van der Waals surface area contributed by atoms with E-state index in [1.807, 2.05) is 45.4 Å². The van der Waals surface area contributed by atoms with E-state index in [0.717, 1.165) is 83.5 Å². The highest BCUT2D eigenvalue weighted by atomic mass is 16.6. The predicted molar refractivity (Wildman–Crippen MR) is 261 cm³/mol. The summed E-state index contributed by atoms with van der Waals surface area (Å²) in [6.07, 6.45) is 57.7. The van der Waals surface area contributed by atoms with Crippen LogP contribution in [0.3, 0.4) is 0 Å². The predicted octanol–water partition coefficient (Wildman–Crippen LogP) is 14.1. The van der Waals surface area contributed by atoms with Crippen molar-refractivity contribution in [3.63, 3.8) is 0 Å². The molecule has 0 aromatic carbocycles. The van der Waals surface area contributed by atoms with E-state index in [-0.39, 0.29) is 36.2 Å². The molecule has 8 nitrogen and oxygen atoms in total. The molecule has 2 unspecified atom stereocenters. The van der Waals surface area contributed by atoms with E-state index in [1.54, 1.807) is 0 Å². The van der Waals surface area contributed by atoms with Crippen molar-refractivity contribution in [1.29, 1.82) is 0 Å². The van der Waals surface area contributed by atoms with Crippen molar-refractivity contribution in [2.75, 3.05) is 41.0 Å². The average molecular weight is 867 g/mol. The normalized spacial score (nSPS) is 13.6. The molecule has 0 bridgehead atoms. The number of carboxylic acids is 1. The molecule has 0 aliphatic carbocycles. The number of allylic oxidation sites excluding steroid dienone is 14. The van der Waals surface area contributed by atoms with Gasteiger partial charge in [-0.1, -0.05) is 189 Å². The minimum Gasteiger partial charge on any atom is -0.477 e. The molecule has 0 heterocycles. The molecule has 354 valence electrons. The van der Waals surface area contributed by atoms with Gasteiger partial charge in [-0.25, -0.2) is 4.79 Å². The van der Waals surface area contributed by atoms with Gasteiger partial charge < -0.3 is 23.8 Å². The molecule has 0 saturated heterocycles. The SMILES string of the molecule is CC/C=C/C=C/C=C/C=C/CCCCCCCC(=O)OCC(COCCC(C(=O)O)[N+](C)(C)C)OC(=O)CCCCCCCCCCCCCCC/C=C/C/C=C/C/C=C/CC. The van der Waals surface area contributed by atoms with Crippen LogP contribution in [0.4, 0.5) is 0 Å². The molecule has 0 saturated carbocycles. The maximum atomic E-state index is 12.8. The summed E-state index contributed by atoms with van der Waals surface area (Å²) in [5.41, 5.74) is 0. The van der Waals surface area contributed by atoms with Crippen molar-refractivity contribution in [2.24, 2.45) is 0 Å². The van der Waals surface area contributed by atoms with Gasteiger partial charge in [0.1, 0.15) is 6.61 Å². The number of carbonyl (C=O) groups is 3. The molecule has 0 fully saturated rings. The van der Waals surface area contributed by atoms with Crippen molar-refractivity contribution in [3.8, 4) is 0 Å². The third-order valence-corrected chi connectivity index (χ3v) is 10.6. The maximum absolute atomic E-state index is 12.8. The number of unbranched alkanes of at least 4 members (excludes halogenated alkanes) is 18. The number of carbonyl (C=O) groups excluding carboxylic acids is 2. The van der Waals surface area contributed by atoms with E-state index in [9.17, 15) is 19.5 Å². The molecule has 0 aromatic rings. The second-order valence-electron chi connectivity index (χ2n) is 17.4. The fourth-order valence-corrected chi connectivity index (χ4v) is 6.88. The summed E-state index contributed by atoms with van der Waals surface area (Å²) in [6.45, 7) is 4.46. The lowest BCUT2D eigenvalue weighted by Gasteiger charge is -2.31. The highest BCUT2D eigenvalue weighted by Gasteiger charge is 2.31. The van der Waals surface area contributed by atoms with Crippen LogP contribution in [0, 0.1) is 0 Å². The van der Waals surface area contributed by atoms with Gasteiger partial charge in [0.25, 0.3) is 0 Å². The summed E-state index contributed by atoms with van der Waals surface area (Å²) >= 11 is 0. The van der Waals surface area contributed by atoms with E-state index in [2.05, 4.69) is 74.6 Å². The zero-order chi connectivity index (χ0) is 45.6. The first-order valence-corrected chi connectivity index (χ1v) is 24.7. The van der Waals surface area contributed by atoms with Crippen molar-refractivity contribution in [2.45, 2.75) is 199 Å². The molecule has 0 spiro atoms. The number of hydrogen-bond acceptors (Lipinski definition) is 6. The summed E-state index contributed by atoms with van der Waals surface area (Å²) in [7, 11) is 5.52. The van der Waals surface area contributed by atoms with Gasteiger partial charge in [-0.3, -0.25) is 9.59 Å². The Morgan fingerprint density at radius 1 is 0.500 bits per heavy atom. The summed E-state index contributed by atoms with van der Waals surface area (Å²) in [4.78, 5) is 37.1. The largest absolute Gasteiger partial charge is 0.477 e. The third-order valence-electron chi connectivity index (χ3n) is 10.6. The van der Waals surface area contributed by atoms with Crippen LogP contribution in [-0.4, -0.2) is 80.6 Å². The Bertz CT molecular complexity index is 1290. The lowest BCUT2D eigenvalue weighted by atomic mass is 10.0. The van der Waals surface area contributed by atoms with Crippen LogP contribution in [0.25, 0.3) is 0 Å². The zero-order valence-corrected chi connectivity index (χ0v) is 40.3. The Morgan fingerprint density at radius 3 is 1.45 bits per heavy atom. The number of likely N-dealkylation sites (N-methyl/N-ethyl adjacent to an activating group) is 1. The first-order chi connectivity index (χ1) is 30.1. The fourth-order valence-electron chi connectivity index (χ4n) is 6.88. The Balaban J connectivity index is 4.26. The first-order valence-electron chi connectivity index (χ1n) is 24.7. The van der Waals surface area contributed by atoms with Crippen LogP contribution >= 0.6 is 0 Å². The van der Waals surface area contributed by atoms with Gasteiger partial charge in [0, 0.05) is 19.3 Å². The van der Waals surface area contributed by atoms with E-state index in [4.69, 9.17) is 14.2 Å². The highest BCUT2D eigenvalue weighted by molar-refractivity contribution is 5.72. The van der Waals surface area contributed by atoms with Crippen LogP contribution in [0.1, 0.15) is 187 Å². The van der Waals surface area contributed by atoms with Gasteiger partial charge in [0.05, 0.1) is 34.4 Å². The lowest BCUT2D eigenvalue weighted by molar-refractivity contribution is -0.887. The van der Waals surface area contributed by atoms with E-state index in [0.29, 0.717) is 19.3 Å². The molecule has 1 N–H and O–H groups in total. The van der Waals surface area contributed by atoms with Crippen LogP contribution in [0.15, 0.2) is 85.1 Å². The molecule has 8 heteroatoms. The van der Waals surface area contributed by atoms with Crippen molar-refractivity contribution in [3.05, 3.63) is 85.1 Å². The number of quaternary nitrogens is 1. The smallest absolute Gasteiger partial charge is 0.362 e. The van der Waals surface area contributed by atoms with Gasteiger partial charge >= 0.3 is 17.9 Å². The minimum absolute atomic E-state index is 0.0491. The first kappa shape index (κ1) is 58.5. The standard InChI is InChI=1S/C54H91NO7/c1-6-8-10-12-14-16-18-20-22-23-24-25-26-27-28-29-31-33-35-37-39-41-43-45-53(57)62-50(48-60-47-46-51(54(58)59)55(3,4)5)49-61-52(56)44-42-40-38-36-34-32-30-21-19-17-15-13-11-9-7-2/h8-11,13-17,19-22,30,50-51H,6-7,12,18,23-29,31-49H2,1-5H3/p+1/b10-8+,11-9+,15-13+,16-14+,19-17+,22-20+,30-21+. The number of nitrogens with zero attached hydrogens (tertiary/aromatic N) is 1. The van der Waals surface area contributed by atoms with Crippen LogP contribution in [-0.2, 0) is 28.6 Å². The number of ether oxygens (including phenoxy) is 3. The van der Waals surface area contributed by atoms with E-state index < -0.39 is 18.1 Å². The molecule has 62 heavy (non-hydrogen) atoms. The van der Waals surface area contributed by atoms with Crippen LogP contribution in [0.2, 0.25) is 0 Å². The monoisotopic (exact) mass is 867 g/mol. The van der Waals surface area contributed by atoms with Crippen LogP contribution < -0.4 is 0 Å². The van der Waals surface area contributed by atoms with Gasteiger partial charge in [-0.2, -0.15) is 0 Å². The zero-order valence-electron chi connectivity index (χ0n) is 40.3. The molecule has 0 aromatic heterocycles. The molecular weight excluding hydrogens is 775 g/mol. The van der Waals surface area contributed by atoms with Gasteiger partial charge in [0.15, 0.2) is 12.1 Å². The second kappa shape index (κ2) is 44.1. The molecule has 0 aliphatic rings. The second-order valence-corrected chi connectivity index (χ2v) is 17.4. The number of esters is 2. The lowest BCUT2D eigenvalue weighted by Crippen LogP contribution is -2.50. The summed E-state index contributed by atoms with van der Waals surface area (Å²) in [5, 5.41) is 9.64. The van der Waals surface area contributed by atoms with Gasteiger partial charge in [0.2, 0.25) is 0 Å². The molecule has 0 radical (unpaired) electrons. The molecule has 0 amide bonds. The highest BCUT2D eigenvalue weighted by Crippen LogP contribution is 2.15. The topological polar surface area (TPSA) is 99.1 Å². The van der Waals surface area contributed by atoms with Crippen molar-refractivity contribution in [1.82, 2.24) is 0 Å². The number of hydrogen-bond donors (Lipinski definition) is 1. The van der Waals surface area contributed by atoms with E-state index in [1.165, 1.54) is 70.6 Å². The Morgan fingerprint density at radius 2 is 0.935 bits per heavy atom. The Kier molecular flexibility index (Phi) is 41.6. The van der Waals surface area contributed by atoms with Crippen molar-refractivity contribution >= 4 is 17.9 Å².